The Kier molecular flexibility index (Phi) is 3.87. The van der Waals surface area contributed by atoms with Crippen molar-refractivity contribution < 1.29 is 14.7 Å². The first kappa shape index (κ1) is 12.9. The highest BCUT2D eigenvalue weighted by molar-refractivity contribution is 6.31. The van der Waals surface area contributed by atoms with Crippen molar-refractivity contribution in [2.75, 3.05) is 5.32 Å². The van der Waals surface area contributed by atoms with Crippen LogP contribution in [0.25, 0.3) is 0 Å². The Labute approximate surface area is 110 Å². The molecule has 5 heteroatoms. The highest BCUT2D eigenvalue weighted by Gasteiger charge is 2.23. The summed E-state index contributed by atoms with van der Waals surface area (Å²) in [6.07, 6.45) is 3.87. The van der Waals surface area contributed by atoms with E-state index in [0.717, 1.165) is 25.7 Å². The molecule has 1 fully saturated rings. The second-order valence-electron chi connectivity index (χ2n) is 4.47. The van der Waals surface area contributed by atoms with E-state index < -0.39 is 5.97 Å². The number of carbonyl (C=O) groups is 2. The van der Waals surface area contributed by atoms with E-state index in [-0.39, 0.29) is 17.4 Å². The SMILES string of the molecule is O=C(O)c1cc(Cl)ccc1NC(=O)C1CCCC1. The van der Waals surface area contributed by atoms with Crippen molar-refractivity contribution in [1.82, 2.24) is 0 Å². The molecule has 0 atom stereocenters. The first-order chi connectivity index (χ1) is 8.58. The lowest BCUT2D eigenvalue weighted by molar-refractivity contribution is -0.119. The first-order valence-corrected chi connectivity index (χ1v) is 6.29. The van der Waals surface area contributed by atoms with Crippen molar-refractivity contribution in [3.8, 4) is 0 Å². The Morgan fingerprint density at radius 2 is 1.94 bits per heavy atom. The van der Waals surface area contributed by atoms with Gasteiger partial charge in [0.2, 0.25) is 5.91 Å². The number of carboxylic acid groups (broad SMARTS) is 1. The Morgan fingerprint density at radius 3 is 2.56 bits per heavy atom. The maximum atomic E-state index is 11.9. The molecule has 2 N–H and O–H groups in total. The van der Waals surface area contributed by atoms with Crippen molar-refractivity contribution in [3.05, 3.63) is 28.8 Å². The largest absolute Gasteiger partial charge is 0.478 e. The van der Waals surface area contributed by atoms with Crippen LogP contribution < -0.4 is 5.32 Å². The molecule has 1 saturated carbocycles. The summed E-state index contributed by atoms with van der Waals surface area (Å²) < 4.78 is 0. The summed E-state index contributed by atoms with van der Waals surface area (Å²) in [6, 6.07) is 4.44. The summed E-state index contributed by atoms with van der Waals surface area (Å²) >= 11 is 5.75. The zero-order valence-electron chi connectivity index (χ0n) is 9.78. The maximum absolute atomic E-state index is 11.9. The smallest absolute Gasteiger partial charge is 0.337 e. The minimum Gasteiger partial charge on any atom is -0.478 e. The molecule has 0 heterocycles. The van der Waals surface area contributed by atoms with Crippen molar-refractivity contribution in [2.24, 2.45) is 5.92 Å². The number of halogens is 1. The lowest BCUT2D eigenvalue weighted by Crippen LogP contribution is -2.21. The van der Waals surface area contributed by atoms with Gasteiger partial charge >= 0.3 is 5.97 Å². The van der Waals surface area contributed by atoms with Gasteiger partial charge in [0.1, 0.15) is 0 Å². The number of amides is 1. The minimum atomic E-state index is -1.10. The molecular weight excluding hydrogens is 254 g/mol. The standard InChI is InChI=1S/C13H14ClNO3/c14-9-5-6-11(10(7-9)13(17)18)15-12(16)8-3-1-2-4-8/h5-8H,1-4H2,(H,15,16)(H,17,18). The molecule has 1 aliphatic rings. The average Bonchev–Trinajstić information content (AvgIpc) is 2.84. The van der Waals surface area contributed by atoms with Crippen LogP contribution in [0.15, 0.2) is 18.2 Å². The third kappa shape index (κ3) is 2.82. The van der Waals surface area contributed by atoms with Gasteiger partial charge in [0, 0.05) is 10.9 Å². The average molecular weight is 268 g/mol. The van der Waals surface area contributed by atoms with Crippen LogP contribution in [0.5, 0.6) is 0 Å². The summed E-state index contributed by atoms with van der Waals surface area (Å²) in [5.74, 6) is -1.20. The van der Waals surface area contributed by atoms with Crippen molar-refractivity contribution >= 4 is 29.2 Å². The van der Waals surface area contributed by atoms with Crippen molar-refractivity contribution in [2.45, 2.75) is 25.7 Å². The molecule has 1 aromatic rings. The van der Waals surface area contributed by atoms with E-state index in [1.807, 2.05) is 0 Å². The molecule has 1 aromatic carbocycles. The molecule has 1 amide bonds. The summed E-state index contributed by atoms with van der Waals surface area (Å²) in [6.45, 7) is 0. The molecule has 2 rings (SSSR count). The van der Waals surface area contributed by atoms with Gasteiger partial charge in [0.25, 0.3) is 0 Å². The predicted molar refractivity (Wildman–Crippen MR) is 69.0 cm³/mol. The highest BCUT2D eigenvalue weighted by Crippen LogP contribution is 2.27. The fraction of sp³-hybridized carbons (Fsp3) is 0.385. The van der Waals surface area contributed by atoms with E-state index in [1.165, 1.54) is 12.1 Å². The number of nitrogens with one attached hydrogen (secondary N) is 1. The van der Waals surface area contributed by atoms with E-state index in [1.54, 1.807) is 6.07 Å². The number of carboxylic acids is 1. The molecule has 0 aromatic heterocycles. The Bertz CT molecular complexity index is 481. The van der Waals surface area contributed by atoms with Crippen LogP contribution >= 0.6 is 11.6 Å². The lowest BCUT2D eigenvalue weighted by Gasteiger charge is -2.12. The molecule has 0 saturated heterocycles. The first-order valence-electron chi connectivity index (χ1n) is 5.91. The quantitative estimate of drug-likeness (QED) is 0.884. The molecule has 1 aliphatic carbocycles. The van der Waals surface area contributed by atoms with Crippen LogP contribution in [0.2, 0.25) is 5.02 Å². The topological polar surface area (TPSA) is 66.4 Å². The summed E-state index contributed by atoms with van der Waals surface area (Å²) in [7, 11) is 0. The van der Waals surface area contributed by atoms with Gasteiger partial charge in [0.05, 0.1) is 11.3 Å². The van der Waals surface area contributed by atoms with Crippen LogP contribution in [0.3, 0.4) is 0 Å². The molecule has 96 valence electrons. The molecule has 4 nitrogen and oxygen atoms in total. The second kappa shape index (κ2) is 5.40. The number of rotatable bonds is 3. The number of carbonyl (C=O) groups excluding carboxylic acids is 1. The normalized spacial score (nSPS) is 15.6. The number of benzene rings is 1. The third-order valence-corrected chi connectivity index (χ3v) is 3.43. The molecule has 0 radical (unpaired) electrons. The van der Waals surface area contributed by atoms with Crippen LogP contribution in [0, 0.1) is 5.92 Å². The predicted octanol–water partition coefficient (Wildman–Crippen LogP) is 3.17. The van der Waals surface area contributed by atoms with E-state index in [2.05, 4.69) is 5.32 Å². The zero-order chi connectivity index (χ0) is 13.1. The van der Waals surface area contributed by atoms with E-state index in [0.29, 0.717) is 10.7 Å². The van der Waals surface area contributed by atoms with Crippen molar-refractivity contribution in [3.63, 3.8) is 0 Å². The molecule has 18 heavy (non-hydrogen) atoms. The van der Waals surface area contributed by atoms with Crippen LogP contribution in [-0.2, 0) is 4.79 Å². The van der Waals surface area contributed by atoms with Crippen molar-refractivity contribution in [1.29, 1.82) is 0 Å². The summed E-state index contributed by atoms with van der Waals surface area (Å²) in [5.41, 5.74) is 0.331. The second-order valence-corrected chi connectivity index (χ2v) is 4.90. The van der Waals surface area contributed by atoms with Gasteiger partial charge in [-0.15, -0.1) is 0 Å². The van der Waals surface area contributed by atoms with E-state index in [9.17, 15) is 9.59 Å². The van der Waals surface area contributed by atoms with Gasteiger partial charge in [-0.05, 0) is 31.0 Å². The molecule has 0 unspecified atom stereocenters. The van der Waals surface area contributed by atoms with Gasteiger partial charge in [-0.1, -0.05) is 24.4 Å². The van der Waals surface area contributed by atoms with Gasteiger partial charge in [-0.25, -0.2) is 4.79 Å². The van der Waals surface area contributed by atoms with Crippen LogP contribution in [-0.4, -0.2) is 17.0 Å². The lowest BCUT2D eigenvalue weighted by atomic mass is 10.1. The number of anilines is 1. The third-order valence-electron chi connectivity index (χ3n) is 3.20. The summed E-state index contributed by atoms with van der Waals surface area (Å²) in [5, 5.41) is 12.1. The van der Waals surface area contributed by atoms with Gasteiger partial charge in [-0.3, -0.25) is 4.79 Å². The van der Waals surface area contributed by atoms with Gasteiger partial charge in [0.15, 0.2) is 0 Å². The summed E-state index contributed by atoms with van der Waals surface area (Å²) in [4.78, 5) is 23.0. The van der Waals surface area contributed by atoms with Crippen LogP contribution in [0.1, 0.15) is 36.0 Å². The van der Waals surface area contributed by atoms with Gasteiger partial charge in [-0.2, -0.15) is 0 Å². The Morgan fingerprint density at radius 1 is 1.28 bits per heavy atom. The maximum Gasteiger partial charge on any atom is 0.337 e. The van der Waals surface area contributed by atoms with Crippen LogP contribution in [0.4, 0.5) is 5.69 Å². The van der Waals surface area contributed by atoms with E-state index in [4.69, 9.17) is 16.7 Å². The van der Waals surface area contributed by atoms with Gasteiger partial charge < -0.3 is 10.4 Å². The number of hydrogen-bond acceptors (Lipinski definition) is 2. The zero-order valence-corrected chi connectivity index (χ0v) is 10.5. The molecular formula is C13H14ClNO3. The molecule has 0 bridgehead atoms. The number of aromatic carboxylic acids is 1. The fourth-order valence-electron chi connectivity index (χ4n) is 2.23. The Hall–Kier alpha value is -1.55. The molecule has 0 spiro atoms. The minimum absolute atomic E-state index is 0.00215. The van der Waals surface area contributed by atoms with E-state index >= 15 is 0 Å². The number of hydrogen-bond donors (Lipinski definition) is 2. The highest BCUT2D eigenvalue weighted by atomic mass is 35.5. The fourth-order valence-corrected chi connectivity index (χ4v) is 2.40. The monoisotopic (exact) mass is 267 g/mol. The Balaban J connectivity index is 2.17. The molecule has 0 aliphatic heterocycles.